The third-order valence-electron chi connectivity index (χ3n) is 6.13. The van der Waals surface area contributed by atoms with Gasteiger partial charge in [0.1, 0.15) is 11.9 Å². The second-order valence-corrected chi connectivity index (χ2v) is 9.95. The second kappa shape index (κ2) is 9.19. The summed E-state index contributed by atoms with van der Waals surface area (Å²) in [6.07, 6.45) is 0.701. The maximum absolute atomic E-state index is 14.8. The summed E-state index contributed by atoms with van der Waals surface area (Å²) in [5.74, 6) is -2.39. The van der Waals surface area contributed by atoms with Crippen LogP contribution in [0.1, 0.15) is 61.2 Å². The summed E-state index contributed by atoms with van der Waals surface area (Å²) in [5.41, 5.74) is 1.85. The summed E-state index contributed by atoms with van der Waals surface area (Å²) in [7, 11) is -4.04. The Kier molecular flexibility index (Phi) is 6.99. The molecule has 3 rings (SSSR count). The molecule has 2 aromatic rings. The Morgan fingerprint density at radius 3 is 2.68 bits per heavy atom. The van der Waals surface area contributed by atoms with Crippen LogP contribution >= 0.6 is 0 Å². The minimum absolute atomic E-state index is 0.163. The molecule has 1 fully saturated rings. The first kappa shape index (κ1) is 23.6. The van der Waals surface area contributed by atoms with Crippen molar-refractivity contribution >= 4 is 10.2 Å². The van der Waals surface area contributed by atoms with Crippen molar-refractivity contribution in [1.82, 2.24) is 19.2 Å². The number of aromatic nitrogens is 2. The molecule has 1 aromatic heterocycles. The van der Waals surface area contributed by atoms with Gasteiger partial charge in [-0.25, -0.2) is 14.3 Å². The lowest BCUT2D eigenvalue weighted by Gasteiger charge is -2.34. The molecule has 1 aromatic carbocycles. The van der Waals surface area contributed by atoms with E-state index in [1.165, 1.54) is 10.4 Å². The lowest BCUT2D eigenvalue weighted by molar-refractivity contribution is 0.0879. The van der Waals surface area contributed by atoms with E-state index in [-0.39, 0.29) is 18.4 Å². The topological polar surface area (TPSA) is 129 Å². The fraction of sp³-hybridized carbons (Fsp3) is 0.600. The van der Waals surface area contributed by atoms with Gasteiger partial charge in [0.15, 0.2) is 0 Å². The molecule has 11 heteroatoms. The van der Waals surface area contributed by atoms with E-state index in [9.17, 15) is 22.7 Å². The monoisotopic (exact) mass is 456 g/mol. The number of piperidine rings is 1. The summed E-state index contributed by atoms with van der Waals surface area (Å²) in [6, 6.07) is 1.86. The van der Waals surface area contributed by atoms with Gasteiger partial charge in [-0.3, -0.25) is 0 Å². The van der Waals surface area contributed by atoms with Gasteiger partial charge in [0.05, 0.1) is 6.10 Å². The Hall–Kier alpha value is -2.08. The number of aliphatic hydroxyl groups excluding tert-OH is 1. The third kappa shape index (κ3) is 5.05. The van der Waals surface area contributed by atoms with Gasteiger partial charge in [0.25, 0.3) is 10.2 Å². The fourth-order valence-electron chi connectivity index (χ4n) is 4.09. The molecular formula is C20H29FN4O5S. The first-order valence-electron chi connectivity index (χ1n) is 10.3. The molecule has 0 radical (unpaired) electrons. The van der Waals surface area contributed by atoms with Crippen LogP contribution in [0.3, 0.4) is 0 Å². The van der Waals surface area contributed by atoms with E-state index in [0.29, 0.717) is 24.1 Å². The number of nitrogens with zero attached hydrogens (tertiary/aromatic N) is 2. The molecule has 2 unspecified atom stereocenters. The first-order chi connectivity index (χ1) is 14.5. The zero-order chi connectivity index (χ0) is 22.9. The van der Waals surface area contributed by atoms with Crippen LogP contribution in [0.4, 0.5) is 4.39 Å². The lowest BCUT2D eigenvalue weighted by atomic mass is 9.88. The number of nitrogens with one attached hydrogen (secondary N) is 2. The number of halogens is 1. The van der Waals surface area contributed by atoms with Crippen LogP contribution in [-0.2, 0) is 10.2 Å². The standard InChI is InChI=1S/C20H29FN4O5S/c1-11-7-8-16(21)17(12(11)2)13(3)18(19-22-23-20(27)30-19)24-31(28,29)25-9-5-6-15(10-25)14(4)26/h7-8,13-15,18,24,26H,5-6,9-10H2,1-4H3,(H,23,27)/t13-,14?,15?,18+/m0/s1. The molecule has 1 aliphatic heterocycles. The van der Waals surface area contributed by atoms with E-state index in [0.717, 1.165) is 12.0 Å². The zero-order valence-corrected chi connectivity index (χ0v) is 18.9. The van der Waals surface area contributed by atoms with E-state index in [4.69, 9.17) is 4.42 Å². The number of hydrogen-bond acceptors (Lipinski definition) is 6. The van der Waals surface area contributed by atoms with E-state index in [2.05, 4.69) is 14.9 Å². The molecule has 3 N–H and O–H groups in total. The zero-order valence-electron chi connectivity index (χ0n) is 18.1. The quantitative estimate of drug-likeness (QED) is 0.584. The van der Waals surface area contributed by atoms with Crippen molar-refractivity contribution < 1.29 is 22.3 Å². The molecule has 4 atom stereocenters. The highest BCUT2D eigenvalue weighted by Crippen LogP contribution is 2.35. The number of aryl methyl sites for hydroxylation is 1. The van der Waals surface area contributed by atoms with Crippen LogP contribution < -0.4 is 10.5 Å². The summed E-state index contributed by atoms with van der Waals surface area (Å²) in [6.45, 7) is 7.35. The largest absolute Gasteiger partial charge is 0.434 e. The van der Waals surface area contributed by atoms with Gasteiger partial charge in [-0.15, -0.1) is 5.10 Å². The maximum atomic E-state index is 14.8. The Morgan fingerprint density at radius 1 is 1.35 bits per heavy atom. The minimum Gasteiger partial charge on any atom is -0.393 e. The highest BCUT2D eigenvalue weighted by Gasteiger charge is 2.37. The Morgan fingerprint density at radius 2 is 2.06 bits per heavy atom. The molecule has 0 amide bonds. The normalized spacial score (nSPS) is 21.0. The number of benzene rings is 1. The SMILES string of the molecule is Cc1ccc(F)c([C@H](C)[C@@H](NS(=O)(=O)N2CCCC(C(C)O)C2)c2n[nH]c(=O)o2)c1C. The summed E-state index contributed by atoms with van der Waals surface area (Å²) in [5, 5.41) is 15.8. The van der Waals surface area contributed by atoms with E-state index in [1.54, 1.807) is 26.8 Å². The van der Waals surface area contributed by atoms with Gasteiger partial charge in [0, 0.05) is 19.0 Å². The lowest BCUT2D eigenvalue weighted by Crippen LogP contribution is -2.49. The van der Waals surface area contributed by atoms with Crippen LogP contribution in [0.15, 0.2) is 21.3 Å². The van der Waals surface area contributed by atoms with Crippen molar-refractivity contribution in [3.05, 3.63) is 51.1 Å². The molecule has 31 heavy (non-hydrogen) atoms. The van der Waals surface area contributed by atoms with E-state index < -0.39 is 39.8 Å². The van der Waals surface area contributed by atoms with Crippen molar-refractivity contribution in [2.75, 3.05) is 13.1 Å². The van der Waals surface area contributed by atoms with E-state index >= 15 is 0 Å². The number of rotatable bonds is 7. The van der Waals surface area contributed by atoms with Gasteiger partial charge in [-0.05, 0) is 62.3 Å². The van der Waals surface area contributed by atoms with Crippen molar-refractivity contribution in [3.8, 4) is 0 Å². The number of hydrogen-bond donors (Lipinski definition) is 3. The van der Waals surface area contributed by atoms with Crippen molar-refractivity contribution in [1.29, 1.82) is 0 Å². The number of aromatic amines is 1. The highest BCUT2D eigenvalue weighted by atomic mass is 32.2. The molecular weight excluding hydrogens is 427 g/mol. The van der Waals surface area contributed by atoms with Crippen LogP contribution in [0, 0.1) is 25.6 Å². The van der Waals surface area contributed by atoms with Crippen LogP contribution in [-0.4, -0.2) is 47.2 Å². The van der Waals surface area contributed by atoms with Gasteiger partial charge in [0.2, 0.25) is 5.89 Å². The molecule has 9 nitrogen and oxygen atoms in total. The predicted octanol–water partition coefficient (Wildman–Crippen LogP) is 1.89. The molecule has 1 aliphatic rings. The van der Waals surface area contributed by atoms with Gasteiger partial charge < -0.3 is 9.52 Å². The maximum Gasteiger partial charge on any atom is 0.434 e. The number of aliphatic hydroxyl groups is 1. The van der Waals surface area contributed by atoms with Crippen molar-refractivity contribution in [2.45, 2.75) is 58.6 Å². The highest BCUT2D eigenvalue weighted by molar-refractivity contribution is 7.87. The molecule has 0 saturated carbocycles. The Bertz CT molecular complexity index is 1080. The average Bonchev–Trinajstić information content (AvgIpc) is 3.15. The smallest absolute Gasteiger partial charge is 0.393 e. The molecule has 0 bridgehead atoms. The minimum atomic E-state index is -4.04. The van der Waals surface area contributed by atoms with Crippen LogP contribution in [0.25, 0.3) is 0 Å². The molecule has 2 heterocycles. The Balaban J connectivity index is 1.97. The average molecular weight is 457 g/mol. The second-order valence-electron chi connectivity index (χ2n) is 8.24. The summed E-state index contributed by atoms with van der Waals surface area (Å²) >= 11 is 0. The van der Waals surface area contributed by atoms with Crippen molar-refractivity contribution in [2.24, 2.45) is 5.92 Å². The van der Waals surface area contributed by atoms with Crippen molar-refractivity contribution in [3.63, 3.8) is 0 Å². The predicted molar refractivity (Wildman–Crippen MR) is 112 cm³/mol. The summed E-state index contributed by atoms with van der Waals surface area (Å²) < 4.78 is 50.0. The number of H-pyrrole nitrogens is 1. The first-order valence-corrected chi connectivity index (χ1v) is 11.7. The van der Waals surface area contributed by atoms with Crippen LogP contribution in [0.2, 0.25) is 0 Å². The molecule has 1 saturated heterocycles. The Labute approximate surface area is 180 Å². The molecule has 0 aliphatic carbocycles. The fourth-order valence-corrected chi connectivity index (χ4v) is 5.62. The molecule has 172 valence electrons. The summed E-state index contributed by atoms with van der Waals surface area (Å²) in [4.78, 5) is 11.6. The third-order valence-corrected chi connectivity index (χ3v) is 7.69. The van der Waals surface area contributed by atoms with Gasteiger partial charge in [-0.2, -0.15) is 17.4 Å². The van der Waals surface area contributed by atoms with E-state index in [1.807, 2.05) is 6.92 Å². The van der Waals surface area contributed by atoms with Gasteiger partial charge in [-0.1, -0.05) is 13.0 Å². The van der Waals surface area contributed by atoms with Crippen LogP contribution in [0.5, 0.6) is 0 Å². The van der Waals surface area contributed by atoms with Gasteiger partial charge >= 0.3 is 5.76 Å². The molecule has 0 spiro atoms.